The van der Waals surface area contributed by atoms with E-state index in [0.717, 1.165) is 0 Å². The second kappa shape index (κ2) is 4.28. The topological polar surface area (TPSA) is 26.3 Å². The van der Waals surface area contributed by atoms with Crippen LogP contribution < -0.4 is 4.74 Å². The molecule has 0 saturated carbocycles. The van der Waals surface area contributed by atoms with Gasteiger partial charge >= 0.3 is 0 Å². The highest BCUT2D eigenvalue weighted by atomic mass is 32.2. The molecule has 0 amide bonds. The van der Waals surface area contributed by atoms with Crippen molar-refractivity contribution in [2.75, 3.05) is 13.4 Å². The largest absolute Gasteiger partial charge is 0.497 e. The number of ether oxygens (including phenoxy) is 1. The molecule has 4 heteroatoms. The quantitative estimate of drug-likeness (QED) is 0.553. The summed E-state index contributed by atoms with van der Waals surface area (Å²) in [6, 6.07) is 2.94. The van der Waals surface area contributed by atoms with Crippen LogP contribution in [-0.4, -0.2) is 19.7 Å². The average Bonchev–Trinajstić information content (AvgIpc) is 2.18. The second-order valence-electron chi connectivity index (χ2n) is 2.35. The van der Waals surface area contributed by atoms with Crippen LogP contribution in [0.3, 0.4) is 0 Å². The molecule has 2 nitrogen and oxygen atoms in total. The Morgan fingerprint density at radius 3 is 2.69 bits per heavy atom. The van der Waals surface area contributed by atoms with Gasteiger partial charge in [-0.25, -0.2) is 4.39 Å². The van der Waals surface area contributed by atoms with E-state index in [9.17, 15) is 9.18 Å². The fourth-order valence-corrected chi connectivity index (χ4v) is 1.48. The van der Waals surface area contributed by atoms with E-state index >= 15 is 0 Å². The van der Waals surface area contributed by atoms with E-state index in [2.05, 4.69) is 0 Å². The molecule has 0 spiro atoms. The summed E-state index contributed by atoms with van der Waals surface area (Å²) in [5.41, 5.74) is 0.0312. The van der Waals surface area contributed by atoms with Crippen LogP contribution in [0.5, 0.6) is 5.75 Å². The van der Waals surface area contributed by atoms with Crippen molar-refractivity contribution in [2.45, 2.75) is 4.90 Å². The molecular weight excluding hydrogens is 191 g/mol. The Hall–Kier alpha value is -1.03. The fraction of sp³-hybridized carbons (Fsp3) is 0.222. The Labute approximate surface area is 80.1 Å². The van der Waals surface area contributed by atoms with Gasteiger partial charge in [0.2, 0.25) is 0 Å². The highest BCUT2D eigenvalue weighted by Gasteiger charge is 2.09. The predicted octanol–water partition coefficient (Wildman–Crippen LogP) is 2.37. The molecule has 0 aliphatic carbocycles. The molecule has 13 heavy (non-hydrogen) atoms. The molecule has 1 rings (SSSR count). The van der Waals surface area contributed by atoms with Gasteiger partial charge in [0, 0.05) is 4.90 Å². The Balaban J connectivity index is 3.28. The Morgan fingerprint density at radius 2 is 2.23 bits per heavy atom. The van der Waals surface area contributed by atoms with Crippen molar-refractivity contribution in [1.29, 1.82) is 0 Å². The summed E-state index contributed by atoms with van der Waals surface area (Å²) in [6.45, 7) is 0. The summed E-state index contributed by atoms with van der Waals surface area (Å²) < 4.78 is 18.2. The van der Waals surface area contributed by atoms with Crippen molar-refractivity contribution in [3.63, 3.8) is 0 Å². The third kappa shape index (κ3) is 2.01. The number of carbonyl (C=O) groups is 1. The van der Waals surface area contributed by atoms with Crippen LogP contribution in [0.4, 0.5) is 4.39 Å². The maximum atomic E-state index is 13.3. The molecule has 0 radical (unpaired) electrons. The molecule has 70 valence electrons. The summed E-state index contributed by atoms with van der Waals surface area (Å²) in [5, 5.41) is 0. The molecule has 0 heterocycles. The Morgan fingerprint density at radius 1 is 1.54 bits per heavy atom. The normalized spacial score (nSPS) is 9.77. The van der Waals surface area contributed by atoms with Gasteiger partial charge in [0.15, 0.2) is 6.29 Å². The van der Waals surface area contributed by atoms with Crippen molar-refractivity contribution in [2.24, 2.45) is 0 Å². The molecule has 1 aromatic rings. The first-order valence-corrected chi connectivity index (χ1v) is 4.82. The van der Waals surface area contributed by atoms with E-state index in [1.807, 2.05) is 0 Å². The summed E-state index contributed by atoms with van der Waals surface area (Å²) in [6.07, 6.45) is 2.23. The number of hydrogen-bond acceptors (Lipinski definition) is 3. The molecule has 0 aromatic heterocycles. The second-order valence-corrected chi connectivity index (χ2v) is 3.20. The highest BCUT2D eigenvalue weighted by molar-refractivity contribution is 7.98. The third-order valence-electron chi connectivity index (χ3n) is 1.62. The first kappa shape index (κ1) is 10.1. The van der Waals surface area contributed by atoms with Gasteiger partial charge in [-0.3, -0.25) is 4.79 Å². The van der Waals surface area contributed by atoms with Crippen LogP contribution >= 0.6 is 11.8 Å². The zero-order chi connectivity index (χ0) is 9.84. The van der Waals surface area contributed by atoms with Crippen LogP contribution in [0.1, 0.15) is 10.4 Å². The van der Waals surface area contributed by atoms with Crippen LogP contribution in [-0.2, 0) is 0 Å². The maximum Gasteiger partial charge on any atom is 0.153 e. The lowest BCUT2D eigenvalue weighted by molar-refractivity contribution is 0.111. The molecule has 0 unspecified atom stereocenters. The summed E-state index contributed by atoms with van der Waals surface area (Å²) >= 11 is 1.24. The summed E-state index contributed by atoms with van der Waals surface area (Å²) in [7, 11) is 1.48. The van der Waals surface area contributed by atoms with Crippen LogP contribution in [0.25, 0.3) is 0 Å². The first-order valence-electron chi connectivity index (χ1n) is 3.59. The number of benzene rings is 1. The van der Waals surface area contributed by atoms with Gasteiger partial charge in [-0.2, -0.15) is 0 Å². The van der Waals surface area contributed by atoms with Gasteiger partial charge in [0.25, 0.3) is 0 Å². The zero-order valence-electron chi connectivity index (χ0n) is 7.33. The van der Waals surface area contributed by atoms with Gasteiger partial charge in [0.1, 0.15) is 11.6 Å². The SMILES string of the molecule is COc1cc(C=O)c(F)c(SC)c1. The number of aldehydes is 1. The Bertz CT molecular complexity index is 326. The smallest absolute Gasteiger partial charge is 0.153 e. The van der Waals surface area contributed by atoms with E-state index in [4.69, 9.17) is 4.74 Å². The third-order valence-corrected chi connectivity index (χ3v) is 2.36. The standard InChI is InChI=1S/C9H9FO2S/c1-12-7-3-6(5-11)9(10)8(4-7)13-2/h3-5H,1-2H3. The number of rotatable bonds is 3. The molecule has 1 aromatic carbocycles. The van der Waals surface area contributed by atoms with Crippen LogP contribution in [0.15, 0.2) is 17.0 Å². The monoisotopic (exact) mass is 200 g/mol. The molecule has 0 bridgehead atoms. The van der Waals surface area contributed by atoms with E-state index in [0.29, 0.717) is 16.9 Å². The summed E-state index contributed by atoms with van der Waals surface area (Å²) in [5.74, 6) is 0.0103. The fourth-order valence-electron chi connectivity index (χ4n) is 0.945. The lowest BCUT2D eigenvalue weighted by Crippen LogP contribution is -1.93. The van der Waals surface area contributed by atoms with Crippen molar-refractivity contribution >= 4 is 18.0 Å². The minimum Gasteiger partial charge on any atom is -0.497 e. The molecule has 0 saturated heterocycles. The van der Waals surface area contributed by atoms with Crippen molar-refractivity contribution in [3.8, 4) is 5.75 Å². The van der Waals surface area contributed by atoms with E-state index < -0.39 is 5.82 Å². The molecule has 0 aliphatic heterocycles. The highest BCUT2D eigenvalue weighted by Crippen LogP contribution is 2.26. The molecular formula is C9H9FO2S. The average molecular weight is 200 g/mol. The number of halogens is 1. The molecule has 0 atom stereocenters. The molecule has 0 fully saturated rings. The van der Waals surface area contributed by atoms with Crippen molar-refractivity contribution in [3.05, 3.63) is 23.5 Å². The maximum absolute atomic E-state index is 13.3. The van der Waals surface area contributed by atoms with Gasteiger partial charge in [-0.15, -0.1) is 11.8 Å². The minimum atomic E-state index is -0.483. The van der Waals surface area contributed by atoms with Gasteiger partial charge in [0.05, 0.1) is 12.7 Å². The minimum absolute atomic E-state index is 0.0312. The van der Waals surface area contributed by atoms with Crippen LogP contribution in [0.2, 0.25) is 0 Å². The lowest BCUT2D eigenvalue weighted by Gasteiger charge is -2.05. The number of thioether (sulfide) groups is 1. The van der Waals surface area contributed by atoms with Crippen molar-refractivity contribution < 1.29 is 13.9 Å². The van der Waals surface area contributed by atoms with Gasteiger partial charge < -0.3 is 4.74 Å². The number of methoxy groups -OCH3 is 1. The summed E-state index contributed by atoms with van der Waals surface area (Å²) in [4.78, 5) is 10.9. The van der Waals surface area contributed by atoms with Crippen LogP contribution in [0, 0.1) is 5.82 Å². The Kier molecular flexibility index (Phi) is 3.31. The number of carbonyl (C=O) groups excluding carboxylic acids is 1. The van der Waals surface area contributed by atoms with E-state index in [-0.39, 0.29) is 5.56 Å². The zero-order valence-corrected chi connectivity index (χ0v) is 8.15. The van der Waals surface area contributed by atoms with E-state index in [1.165, 1.54) is 24.9 Å². The predicted molar refractivity (Wildman–Crippen MR) is 50.1 cm³/mol. The first-order chi connectivity index (χ1) is 6.22. The number of hydrogen-bond donors (Lipinski definition) is 0. The van der Waals surface area contributed by atoms with E-state index in [1.54, 1.807) is 12.3 Å². The van der Waals surface area contributed by atoms with Gasteiger partial charge in [-0.05, 0) is 18.4 Å². The molecule has 0 N–H and O–H groups in total. The lowest BCUT2D eigenvalue weighted by atomic mass is 10.2. The van der Waals surface area contributed by atoms with Gasteiger partial charge in [-0.1, -0.05) is 0 Å². The molecule has 0 aliphatic rings. The van der Waals surface area contributed by atoms with Crippen molar-refractivity contribution in [1.82, 2.24) is 0 Å².